The zero-order chi connectivity index (χ0) is 22.0. The molecule has 0 fully saturated rings. The van der Waals surface area contributed by atoms with Gasteiger partial charge in [0.1, 0.15) is 5.82 Å². The van der Waals surface area contributed by atoms with Crippen molar-refractivity contribution in [3.63, 3.8) is 0 Å². The average molecular weight is 423 g/mol. The molecule has 0 aliphatic rings. The predicted octanol–water partition coefficient (Wildman–Crippen LogP) is 8.03. The number of benzene rings is 5. The molecule has 0 atom stereocenters. The average Bonchev–Trinajstić information content (AvgIpc) is 3.30. The summed E-state index contributed by atoms with van der Waals surface area (Å²) in [7, 11) is 0. The second-order valence-corrected chi connectivity index (χ2v) is 8.06. The van der Waals surface area contributed by atoms with Gasteiger partial charge in [-0.25, -0.2) is 4.98 Å². The van der Waals surface area contributed by atoms with Gasteiger partial charge in [-0.2, -0.15) is 0 Å². The zero-order valence-electron chi connectivity index (χ0n) is 18.1. The summed E-state index contributed by atoms with van der Waals surface area (Å²) in [6.07, 6.45) is 0. The first-order chi connectivity index (χ1) is 16.4. The lowest BCUT2D eigenvalue weighted by atomic mass is 10.0. The molecule has 0 spiro atoms. The number of fused-ring (bicyclic) bond motifs is 1. The van der Waals surface area contributed by atoms with Gasteiger partial charge in [0.05, 0.1) is 11.4 Å². The minimum Gasteiger partial charge on any atom is -0.292 e. The monoisotopic (exact) mass is 422 g/mol. The standard InChI is InChI=1S/C31H22N2/c1-4-14-24(15-5-1)29-30(25-16-6-2-7-17-25)33(26-19-8-3-9-20-26)31(32-29)28-22-12-18-23-13-10-11-21-27(23)28/h1-22H. The fourth-order valence-electron chi connectivity index (χ4n) is 4.51. The summed E-state index contributed by atoms with van der Waals surface area (Å²) in [5, 5.41) is 2.40. The van der Waals surface area contributed by atoms with Crippen LogP contribution >= 0.6 is 0 Å². The Kier molecular flexibility index (Phi) is 4.82. The van der Waals surface area contributed by atoms with Crippen molar-refractivity contribution in [3.05, 3.63) is 133 Å². The maximum absolute atomic E-state index is 5.32. The number of hydrogen-bond donors (Lipinski definition) is 0. The van der Waals surface area contributed by atoms with Gasteiger partial charge in [-0.1, -0.05) is 121 Å². The Hall–Kier alpha value is -4.43. The lowest BCUT2D eigenvalue weighted by Crippen LogP contribution is -2.00. The minimum absolute atomic E-state index is 0.940. The molecule has 0 aliphatic heterocycles. The molecule has 0 saturated carbocycles. The number of hydrogen-bond acceptors (Lipinski definition) is 1. The Morgan fingerprint density at radius 2 is 1.06 bits per heavy atom. The SMILES string of the molecule is c1ccc(-c2nc(-c3cccc4ccccc34)n(-c3ccccc3)c2-c2ccccc2)cc1. The molecule has 2 heteroatoms. The molecule has 0 unspecified atom stereocenters. The summed E-state index contributed by atoms with van der Waals surface area (Å²) in [6, 6.07) is 46.5. The van der Waals surface area contributed by atoms with Crippen LogP contribution in [-0.2, 0) is 0 Å². The van der Waals surface area contributed by atoms with Crippen molar-refractivity contribution in [1.29, 1.82) is 0 Å². The van der Waals surface area contributed by atoms with E-state index in [1.54, 1.807) is 0 Å². The van der Waals surface area contributed by atoms with Gasteiger partial charge in [0.2, 0.25) is 0 Å². The van der Waals surface area contributed by atoms with Crippen molar-refractivity contribution < 1.29 is 0 Å². The molecule has 33 heavy (non-hydrogen) atoms. The number of aromatic nitrogens is 2. The molecule has 0 saturated heterocycles. The Balaban J connectivity index is 1.76. The fourth-order valence-corrected chi connectivity index (χ4v) is 4.51. The highest BCUT2D eigenvalue weighted by molar-refractivity contribution is 5.97. The largest absolute Gasteiger partial charge is 0.292 e. The van der Waals surface area contributed by atoms with E-state index in [1.165, 1.54) is 10.8 Å². The van der Waals surface area contributed by atoms with E-state index in [4.69, 9.17) is 4.98 Å². The summed E-state index contributed by atoms with van der Waals surface area (Å²) >= 11 is 0. The van der Waals surface area contributed by atoms with Crippen LogP contribution in [0.2, 0.25) is 0 Å². The van der Waals surface area contributed by atoms with Crippen molar-refractivity contribution in [2.75, 3.05) is 0 Å². The third-order valence-corrected chi connectivity index (χ3v) is 6.02. The quantitative estimate of drug-likeness (QED) is 0.281. The molecule has 0 aliphatic carbocycles. The van der Waals surface area contributed by atoms with Crippen LogP contribution in [0.25, 0.3) is 50.4 Å². The summed E-state index contributed by atoms with van der Waals surface area (Å²) in [4.78, 5) is 5.32. The van der Waals surface area contributed by atoms with Gasteiger partial charge in [0.25, 0.3) is 0 Å². The highest BCUT2D eigenvalue weighted by atomic mass is 15.1. The smallest absolute Gasteiger partial charge is 0.146 e. The lowest BCUT2D eigenvalue weighted by Gasteiger charge is -2.14. The molecule has 1 aromatic heterocycles. The van der Waals surface area contributed by atoms with Crippen LogP contribution in [0.4, 0.5) is 0 Å². The summed E-state index contributed by atoms with van der Waals surface area (Å²) < 4.78 is 2.30. The highest BCUT2D eigenvalue weighted by Gasteiger charge is 2.23. The molecule has 6 rings (SSSR count). The molecule has 0 N–H and O–H groups in total. The van der Waals surface area contributed by atoms with Crippen molar-refractivity contribution in [1.82, 2.24) is 9.55 Å². The predicted molar refractivity (Wildman–Crippen MR) is 137 cm³/mol. The van der Waals surface area contributed by atoms with E-state index in [2.05, 4.69) is 132 Å². The number of rotatable bonds is 4. The van der Waals surface area contributed by atoms with Crippen LogP contribution < -0.4 is 0 Å². The molecular formula is C31H22N2. The van der Waals surface area contributed by atoms with E-state index >= 15 is 0 Å². The van der Waals surface area contributed by atoms with Crippen LogP contribution in [0.15, 0.2) is 133 Å². The number of para-hydroxylation sites is 1. The first-order valence-corrected chi connectivity index (χ1v) is 11.2. The van der Waals surface area contributed by atoms with Gasteiger partial charge in [-0.3, -0.25) is 4.57 Å². The van der Waals surface area contributed by atoms with E-state index in [0.29, 0.717) is 0 Å². The fraction of sp³-hybridized carbons (Fsp3) is 0. The van der Waals surface area contributed by atoms with E-state index in [-0.39, 0.29) is 0 Å². The van der Waals surface area contributed by atoms with E-state index in [9.17, 15) is 0 Å². The third-order valence-electron chi connectivity index (χ3n) is 6.02. The maximum atomic E-state index is 5.32. The molecule has 156 valence electrons. The Morgan fingerprint density at radius 3 is 1.79 bits per heavy atom. The molecule has 1 heterocycles. The zero-order valence-corrected chi connectivity index (χ0v) is 18.1. The van der Waals surface area contributed by atoms with Gasteiger partial charge < -0.3 is 0 Å². The maximum Gasteiger partial charge on any atom is 0.146 e. The molecule has 0 amide bonds. The second kappa shape index (κ2) is 8.25. The normalized spacial score (nSPS) is 11.0. The van der Waals surface area contributed by atoms with Crippen LogP contribution in [0.1, 0.15) is 0 Å². The van der Waals surface area contributed by atoms with Crippen molar-refractivity contribution >= 4 is 10.8 Å². The van der Waals surface area contributed by atoms with Gasteiger partial charge in [0.15, 0.2) is 0 Å². The van der Waals surface area contributed by atoms with Crippen molar-refractivity contribution in [2.45, 2.75) is 0 Å². The highest BCUT2D eigenvalue weighted by Crippen LogP contribution is 2.40. The van der Waals surface area contributed by atoms with Gasteiger partial charge in [-0.05, 0) is 22.9 Å². The Bertz CT molecular complexity index is 1530. The van der Waals surface area contributed by atoms with Crippen LogP contribution in [-0.4, -0.2) is 9.55 Å². The van der Waals surface area contributed by atoms with Crippen molar-refractivity contribution in [3.8, 4) is 39.6 Å². The molecule has 0 bridgehead atoms. The second-order valence-electron chi connectivity index (χ2n) is 8.06. The summed E-state index contributed by atoms with van der Waals surface area (Å²) in [6.45, 7) is 0. The summed E-state index contributed by atoms with van der Waals surface area (Å²) in [5.74, 6) is 0.940. The van der Waals surface area contributed by atoms with E-state index < -0.39 is 0 Å². The van der Waals surface area contributed by atoms with Crippen LogP contribution in [0, 0.1) is 0 Å². The topological polar surface area (TPSA) is 17.8 Å². The summed E-state index contributed by atoms with van der Waals surface area (Å²) in [5.41, 5.74) is 6.53. The Morgan fingerprint density at radius 1 is 0.485 bits per heavy atom. The van der Waals surface area contributed by atoms with E-state index in [1.807, 2.05) is 6.07 Å². The van der Waals surface area contributed by atoms with Gasteiger partial charge in [-0.15, -0.1) is 0 Å². The molecular weight excluding hydrogens is 400 g/mol. The van der Waals surface area contributed by atoms with Crippen molar-refractivity contribution in [2.24, 2.45) is 0 Å². The minimum atomic E-state index is 0.940. The molecule has 6 aromatic rings. The lowest BCUT2D eigenvalue weighted by molar-refractivity contribution is 1.08. The molecule has 2 nitrogen and oxygen atoms in total. The molecule has 5 aromatic carbocycles. The number of nitrogens with zero attached hydrogens (tertiary/aromatic N) is 2. The first kappa shape index (κ1) is 19.3. The van der Waals surface area contributed by atoms with Crippen LogP contribution in [0.3, 0.4) is 0 Å². The van der Waals surface area contributed by atoms with Gasteiger partial charge in [0, 0.05) is 22.4 Å². The Labute approximate surface area is 193 Å². The first-order valence-electron chi connectivity index (χ1n) is 11.2. The van der Waals surface area contributed by atoms with Crippen LogP contribution in [0.5, 0.6) is 0 Å². The molecule has 0 radical (unpaired) electrons. The number of imidazole rings is 1. The van der Waals surface area contributed by atoms with E-state index in [0.717, 1.165) is 39.6 Å². The third kappa shape index (κ3) is 3.42. The van der Waals surface area contributed by atoms with Gasteiger partial charge >= 0.3 is 0 Å².